The van der Waals surface area contributed by atoms with Gasteiger partial charge in [-0.2, -0.15) is 0 Å². The van der Waals surface area contributed by atoms with Crippen LogP contribution < -0.4 is 0 Å². The Hall–Kier alpha value is 0.0800. The first-order valence-electron chi connectivity index (χ1n) is 10.3. The molecule has 0 fully saturated rings. The number of rotatable bonds is 16. The molecular formula is C23H40O2P4. The van der Waals surface area contributed by atoms with Crippen LogP contribution in [0, 0.1) is 5.92 Å². The third-order valence-electron chi connectivity index (χ3n) is 4.08. The Balaban J connectivity index is 4.44. The molecule has 0 aliphatic rings. The topological polar surface area (TPSA) is 18.5 Å². The summed E-state index contributed by atoms with van der Waals surface area (Å²) in [6.45, 7) is 6.52. The summed E-state index contributed by atoms with van der Waals surface area (Å²) in [4.78, 5) is 0. The van der Waals surface area contributed by atoms with Gasteiger partial charge < -0.3 is 9.05 Å². The Morgan fingerprint density at radius 1 is 0.828 bits per heavy atom. The second kappa shape index (κ2) is 21.3. The van der Waals surface area contributed by atoms with Gasteiger partial charge in [0.2, 0.25) is 0 Å². The third-order valence-corrected chi connectivity index (χ3v) is 5.67. The molecule has 0 radical (unpaired) electrons. The minimum absolute atomic E-state index is 0.114. The molecule has 0 saturated heterocycles. The molecule has 6 unspecified atom stereocenters. The van der Waals surface area contributed by atoms with Crippen molar-refractivity contribution in [3.8, 4) is 0 Å². The first-order valence-corrected chi connectivity index (χ1v) is 15.3. The molecule has 0 aliphatic carbocycles. The lowest BCUT2D eigenvalue weighted by molar-refractivity contribution is 0.199. The predicted molar refractivity (Wildman–Crippen MR) is 144 cm³/mol. The molecule has 164 valence electrons. The standard InChI is InChI=1S/C23H40O2P4/c1-4-6-8-16-20-23(24-26)21(3)17-14-11-9-10-12-15-19-22(25-29(27)28)18-13-7-5-2/h7-17,19,21-23H,4-6,18,20,26-28H2,1-3H3. The van der Waals surface area contributed by atoms with E-state index in [0.29, 0.717) is 5.92 Å². The average Bonchev–Trinajstić information content (AvgIpc) is 2.69. The molecule has 0 aromatic heterocycles. The van der Waals surface area contributed by atoms with E-state index in [-0.39, 0.29) is 12.2 Å². The van der Waals surface area contributed by atoms with Gasteiger partial charge in [-0.1, -0.05) is 118 Å². The van der Waals surface area contributed by atoms with Crippen LogP contribution in [0.5, 0.6) is 0 Å². The maximum absolute atomic E-state index is 5.91. The van der Waals surface area contributed by atoms with Crippen molar-refractivity contribution >= 4 is 34.8 Å². The Morgan fingerprint density at radius 3 is 2.03 bits per heavy atom. The van der Waals surface area contributed by atoms with Crippen molar-refractivity contribution in [2.45, 2.75) is 65.1 Å². The van der Waals surface area contributed by atoms with Gasteiger partial charge >= 0.3 is 0 Å². The van der Waals surface area contributed by atoms with Crippen molar-refractivity contribution in [2.24, 2.45) is 5.92 Å². The maximum Gasteiger partial charge on any atom is 0.0844 e. The highest BCUT2D eigenvalue weighted by atomic mass is 32.4. The summed E-state index contributed by atoms with van der Waals surface area (Å²) < 4.78 is 11.4. The molecule has 0 aliphatic heterocycles. The quantitative estimate of drug-likeness (QED) is 0.127. The Labute approximate surface area is 187 Å². The number of hydrogen-bond acceptors (Lipinski definition) is 2. The lowest BCUT2D eigenvalue weighted by Gasteiger charge is -2.17. The zero-order chi connectivity index (χ0) is 21.7. The molecule has 0 aromatic carbocycles. The Kier molecular flexibility index (Phi) is 21.4. The van der Waals surface area contributed by atoms with Crippen LogP contribution in [-0.4, -0.2) is 12.2 Å². The fourth-order valence-corrected chi connectivity index (χ4v) is 4.19. The lowest BCUT2D eigenvalue weighted by Crippen LogP contribution is -2.15. The zero-order valence-electron chi connectivity index (χ0n) is 18.2. The summed E-state index contributed by atoms with van der Waals surface area (Å²) >= 11 is 0. The predicted octanol–water partition coefficient (Wildman–Crippen LogP) is 8.49. The fraction of sp³-hybridized carbons (Fsp3) is 0.478. The van der Waals surface area contributed by atoms with Crippen molar-refractivity contribution in [3.63, 3.8) is 0 Å². The van der Waals surface area contributed by atoms with E-state index in [1.807, 2.05) is 18.2 Å². The summed E-state index contributed by atoms with van der Waals surface area (Å²) in [6.07, 6.45) is 30.9. The van der Waals surface area contributed by atoms with Crippen molar-refractivity contribution in [3.05, 3.63) is 72.9 Å². The summed E-state index contributed by atoms with van der Waals surface area (Å²) in [6, 6.07) is 0. The first kappa shape index (κ1) is 29.1. The van der Waals surface area contributed by atoms with Crippen LogP contribution in [0.15, 0.2) is 72.9 Å². The van der Waals surface area contributed by atoms with E-state index in [9.17, 15) is 0 Å². The smallest absolute Gasteiger partial charge is 0.0844 e. The van der Waals surface area contributed by atoms with Crippen molar-refractivity contribution < 1.29 is 9.05 Å². The van der Waals surface area contributed by atoms with Gasteiger partial charge in [-0.3, -0.25) is 0 Å². The number of unbranched alkanes of at least 4 members (excludes halogenated alkanes) is 1. The highest BCUT2D eigenvalue weighted by molar-refractivity contribution is 8.41. The summed E-state index contributed by atoms with van der Waals surface area (Å²) in [7, 11) is 7.30. The molecule has 29 heavy (non-hydrogen) atoms. The summed E-state index contributed by atoms with van der Waals surface area (Å²) in [5.74, 6) is 0.357. The van der Waals surface area contributed by atoms with E-state index in [1.165, 1.54) is 6.42 Å². The lowest BCUT2D eigenvalue weighted by atomic mass is 10.0. The summed E-state index contributed by atoms with van der Waals surface area (Å²) in [5.41, 5.74) is 0. The molecule has 0 amide bonds. The van der Waals surface area contributed by atoms with Crippen LogP contribution in [0.1, 0.15) is 52.9 Å². The number of hydrogen-bond donors (Lipinski definition) is 0. The van der Waals surface area contributed by atoms with Crippen LogP contribution >= 0.6 is 34.8 Å². The van der Waals surface area contributed by atoms with Gasteiger partial charge in [0.05, 0.1) is 19.7 Å². The van der Waals surface area contributed by atoms with Crippen LogP contribution in [0.4, 0.5) is 0 Å². The van der Waals surface area contributed by atoms with E-state index in [2.05, 4.69) is 103 Å². The van der Waals surface area contributed by atoms with Crippen molar-refractivity contribution in [1.29, 1.82) is 0 Å². The molecular weight excluding hydrogens is 432 g/mol. The Bertz CT molecular complexity index is 551. The maximum atomic E-state index is 5.91. The second-order valence-corrected chi connectivity index (χ2v) is 12.7. The van der Waals surface area contributed by atoms with E-state index < -0.39 is 7.53 Å². The van der Waals surface area contributed by atoms with Gasteiger partial charge in [0.25, 0.3) is 0 Å². The zero-order valence-corrected chi connectivity index (χ0v) is 22.6. The van der Waals surface area contributed by atoms with Gasteiger partial charge in [-0.15, -0.1) is 0 Å². The van der Waals surface area contributed by atoms with E-state index >= 15 is 0 Å². The van der Waals surface area contributed by atoms with Crippen molar-refractivity contribution in [2.75, 3.05) is 0 Å². The molecule has 0 aromatic rings. The first-order chi connectivity index (χ1) is 14.0. The average molecular weight is 472 g/mol. The molecule has 0 saturated carbocycles. The fourth-order valence-electron chi connectivity index (χ4n) is 2.43. The second-order valence-electron chi connectivity index (χ2n) is 6.69. The van der Waals surface area contributed by atoms with Crippen LogP contribution in [0.25, 0.3) is 0 Å². The van der Waals surface area contributed by atoms with E-state index in [1.54, 1.807) is 0 Å². The molecule has 6 heteroatoms. The Morgan fingerprint density at radius 2 is 1.45 bits per heavy atom. The molecule has 0 spiro atoms. The van der Waals surface area contributed by atoms with E-state index in [4.69, 9.17) is 9.05 Å². The minimum atomic E-state index is -0.528. The molecule has 2 nitrogen and oxygen atoms in total. The highest BCUT2D eigenvalue weighted by Gasteiger charge is 2.11. The molecule has 6 atom stereocenters. The highest BCUT2D eigenvalue weighted by Crippen LogP contribution is 2.54. The van der Waals surface area contributed by atoms with Gasteiger partial charge in [0.1, 0.15) is 0 Å². The third kappa shape index (κ3) is 18.6. The van der Waals surface area contributed by atoms with Crippen LogP contribution in [-0.2, 0) is 9.05 Å². The van der Waals surface area contributed by atoms with Crippen LogP contribution in [0.2, 0.25) is 0 Å². The van der Waals surface area contributed by atoms with Crippen LogP contribution in [0.3, 0.4) is 0 Å². The summed E-state index contributed by atoms with van der Waals surface area (Å²) in [5, 5.41) is 0. The monoisotopic (exact) mass is 472 g/mol. The van der Waals surface area contributed by atoms with Crippen molar-refractivity contribution in [1.82, 2.24) is 0 Å². The van der Waals surface area contributed by atoms with Gasteiger partial charge in [-0.25, -0.2) is 0 Å². The minimum Gasteiger partial charge on any atom is -0.362 e. The molecule has 0 bridgehead atoms. The molecule has 0 heterocycles. The van der Waals surface area contributed by atoms with Gasteiger partial charge in [0, 0.05) is 15.4 Å². The van der Waals surface area contributed by atoms with Gasteiger partial charge in [0.15, 0.2) is 0 Å². The van der Waals surface area contributed by atoms with Gasteiger partial charge in [-0.05, 0) is 25.7 Å². The largest absolute Gasteiger partial charge is 0.362 e. The SMILES string of the molecule is CCC=CCC(C=CC=CC=CC=CC(C)C(CC=CCCC)OP)OP(P)P. The number of allylic oxidation sites excluding steroid dienone is 8. The molecule has 0 N–H and O–H groups in total. The van der Waals surface area contributed by atoms with E-state index in [0.717, 1.165) is 25.7 Å². The normalized spacial score (nSPS) is 16.7. The molecule has 0 rings (SSSR count).